The van der Waals surface area contributed by atoms with Crippen molar-refractivity contribution in [3.63, 3.8) is 0 Å². The van der Waals surface area contributed by atoms with Gasteiger partial charge in [-0.2, -0.15) is 0 Å². The quantitative estimate of drug-likeness (QED) is 0.172. The summed E-state index contributed by atoms with van der Waals surface area (Å²) >= 11 is 0. The van der Waals surface area contributed by atoms with Gasteiger partial charge in [-0.3, -0.25) is 14.7 Å². The Morgan fingerprint density at radius 2 is 1.71 bits per heavy atom. The number of aryl methyl sites for hydroxylation is 1. The molecule has 0 saturated carbocycles. The number of anilines is 2. The lowest BCUT2D eigenvalue weighted by atomic mass is 9.92. The van der Waals surface area contributed by atoms with Gasteiger partial charge in [0.25, 0.3) is 0 Å². The molecule has 1 aliphatic heterocycles. The van der Waals surface area contributed by atoms with Crippen LogP contribution in [0, 0.1) is 0 Å². The number of nitrogens with one attached hydrogen (secondary N) is 2. The molecule has 2 aliphatic rings. The van der Waals surface area contributed by atoms with Crippen molar-refractivity contribution >= 4 is 29.6 Å². The first-order chi connectivity index (χ1) is 20.2. The van der Waals surface area contributed by atoms with Crippen LogP contribution in [-0.4, -0.2) is 55.1 Å². The normalized spacial score (nSPS) is 17.5. The van der Waals surface area contributed by atoms with Crippen LogP contribution in [0.4, 0.5) is 11.4 Å². The number of carbonyl (C=O) groups is 1. The molecule has 4 rings (SSSR count). The minimum atomic E-state index is 0.754. The van der Waals surface area contributed by atoms with Gasteiger partial charge >= 0.3 is 0 Å². The molecule has 1 saturated heterocycles. The number of piperazine rings is 1. The third-order valence-electron chi connectivity index (χ3n) is 7.95. The van der Waals surface area contributed by atoms with Crippen LogP contribution in [0.5, 0.6) is 0 Å². The van der Waals surface area contributed by atoms with E-state index < -0.39 is 0 Å². The van der Waals surface area contributed by atoms with Crippen molar-refractivity contribution < 1.29 is 4.79 Å². The van der Waals surface area contributed by atoms with Gasteiger partial charge < -0.3 is 15.5 Å². The number of rotatable bonds is 11. The zero-order valence-electron chi connectivity index (χ0n) is 25.7. The number of amides is 1. The molecule has 2 aromatic carbocycles. The minimum absolute atomic E-state index is 0.754. The second-order valence-corrected chi connectivity index (χ2v) is 11.5. The van der Waals surface area contributed by atoms with Crippen molar-refractivity contribution in [2.75, 3.05) is 43.9 Å². The van der Waals surface area contributed by atoms with Crippen molar-refractivity contribution in [1.82, 2.24) is 9.80 Å². The van der Waals surface area contributed by atoms with E-state index in [1.165, 1.54) is 16.7 Å². The minimum Gasteiger partial charge on any atom is -0.356 e. The van der Waals surface area contributed by atoms with E-state index in [0.717, 1.165) is 104 Å². The van der Waals surface area contributed by atoms with Crippen molar-refractivity contribution in [3.05, 3.63) is 113 Å². The number of likely N-dealkylation sites (N-methyl/N-ethyl adjacent to an activating group) is 1. The smallest absolute Gasteiger partial charge is 0.211 e. The highest BCUT2D eigenvalue weighted by Gasteiger charge is 2.15. The molecule has 220 valence electrons. The molecule has 1 amide bonds. The van der Waals surface area contributed by atoms with E-state index in [1.54, 1.807) is 0 Å². The fraction of sp³-hybridized carbons (Fsp3) is 0.333. The van der Waals surface area contributed by atoms with Gasteiger partial charge in [-0.25, -0.2) is 0 Å². The van der Waals surface area contributed by atoms with Crippen molar-refractivity contribution in [2.24, 2.45) is 4.99 Å². The fourth-order valence-electron chi connectivity index (χ4n) is 5.26. The number of allylic oxidation sites excluding steroid dienone is 4. The van der Waals surface area contributed by atoms with Crippen LogP contribution in [0.2, 0.25) is 0 Å². The summed E-state index contributed by atoms with van der Waals surface area (Å²) in [5.41, 5.74) is 11.1. The van der Waals surface area contributed by atoms with Crippen LogP contribution in [-0.2, 0) is 17.8 Å². The number of fused-ring (bicyclic) bond motifs is 2. The molecule has 1 fully saturated rings. The average molecular weight is 564 g/mol. The lowest BCUT2D eigenvalue weighted by Gasteiger charge is -2.32. The summed E-state index contributed by atoms with van der Waals surface area (Å²) in [5, 5.41) is 6.30. The van der Waals surface area contributed by atoms with Crippen LogP contribution >= 0.6 is 0 Å². The van der Waals surface area contributed by atoms with E-state index in [4.69, 9.17) is 4.99 Å². The molecular weight excluding hydrogens is 518 g/mol. The highest BCUT2D eigenvalue weighted by molar-refractivity contribution is 6.03. The SMILES string of the molecule is C=C(/C=C\C(N=C(C)/C1=C/c2cccc(c2NC=O)CCC1)=C(C)C)C(=C)Nc1ccc(CN2CCN(C)CC2)cc1. The molecule has 6 nitrogen and oxygen atoms in total. The largest absolute Gasteiger partial charge is 0.356 e. The predicted octanol–water partition coefficient (Wildman–Crippen LogP) is 7.22. The summed E-state index contributed by atoms with van der Waals surface area (Å²) in [4.78, 5) is 21.1. The van der Waals surface area contributed by atoms with Gasteiger partial charge in [0, 0.05) is 49.8 Å². The number of hydrogen-bond acceptors (Lipinski definition) is 5. The van der Waals surface area contributed by atoms with Crippen molar-refractivity contribution in [2.45, 2.75) is 46.6 Å². The Labute approximate surface area is 251 Å². The molecule has 6 heteroatoms. The van der Waals surface area contributed by atoms with Crippen molar-refractivity contribution in [1.29, 1.82) is 0 Å². The summed E-state index contributed by atoms with van der Waals surface area (Å²) in [7, 11) is 2.18. The Hall–Kier alpha value is -4.00. The highest BCUT2D eigenvalue weighted by atomic mass is 16.1. The van der Waals surface area contributed by atoms with Gasteiger partial charge in [0.15, 0.2) is 0 Å². The Kier molecular flexibility index (Phi) is 10.9. The number of hydrogen-bond donors (Lipinski definition) is 2. The van der Waals surface area contributed by atoms with Gasteiger partial charge in [-0.15, -0.1) is 0 Å². The first-order valence-electron chi connectivity index (χ1n) is 14.8. The maximum atomic E-state index is 11.2. The molecule has 42 heavy (non-hydrogen) atoms. The number of carbonyl (C=O) groups excluding carboxylic acids is 1. The Balaban J connectivity index is 1.40. The third-order valence-corrected chi connectivity index (χ3v) is 7.95. The summed E-state index contributed by atoms with van der Waals surface area (Å²) in [6.45, 7) is 20.1. The third kappa shape index (κ3) is 8.51. The number of nitrogens with zero attached hydrogens (tertiary/aromatic N) is 3. The first kappa shape index (κ1) is 30.9. The molecule has 2 aromatic rings. The van der Waals surface area contributed by atoms with E-state index in [9.17, 15) is 4.79 Å². The van der Waals surface area contributed by atoms with E-state index >= 15 is 0 Å². The highest BCUT2D eigenvalue weighted by Crippen LogP contribution is 2.30. The van der Waals surface area contributed by atoms with Crippen molar-refractivity contribution in [3.8, 4) is 0 Å². The molecule has 0 unspecified atom stereocenters. The van der Waals surface area contributed by atoms with Crippen LogP contribution in [0.15, 0.2) is 101 Å². The monoisotopic (exact) mass is 563 g/mol. The van der Waals surface area contributed by atoms with E-state index in [0.29, 0.717) is 0 Å². The Morgan fingerprint density at radius 1 is 0.976 bits per heavy atom. The molecule has 0 spiro atoms. The number of aliphatic imine (C=N–C) groups is 1. The average Bonchev–Trinajstić information content (AvgIpc) is 2.97. The summed E-state index contributed by atoms with van der Waals surface area (Å²) in [6.07, 6.45) is 9.73. The van der Waals surface area contributed by atoms with Crippen LogP contribution < -0.4 is 10.6 Å². The first-order valence-corrected chi connectivity index (χ1v) is 14.8. The molecule has 1 aliphatic carbocycles. The summed E-state index contributed by atoms with van der Waals surface area (Å²) in [5.74, 6) is 0. The zero-order valence-corrected chi connectivity index (χ0v) is 25.7. The second-order valence-electron chi connectivity index (χ2n) is 11.5. The van der Waals surface area contributed by atoms with Crippen LogP contribution in [0.3, 0.4) is 0 Å². The molecule has 2 bridgehead atoms. The molecule has 1 heterocycles. The van der Waals surface area contributed by atoms with E-state index in [-0.39, 0.29) is 0 Å². The van der Waals surface area contributed by atoms with Gasteiger partial charge in [-0.05, 0) is 99.2 Å². The summed E-state index contributed by atoms with van der Waals surface area (Å²) in [6, 6.07) is 14.8. The molecule has 2 N–H and O–H groups in total. The van der Waals surface area contributed by atoms with Crippen LogP contribution in [0.25, 0.3) is 6.08 Å². The lowest BCUT2D eigenvalue weighted by molar-refractivity contribution is -0.105. The van der Waals surface area contributed by atoms with E-state index in [1.807, 2.05) is 24.3 Å². The Bertz CT molecular complexity index is 1420. The predicted molar refractivity (Wildman–Crippen MR) is 179 cm³/mol. The van der Waals surface area contributed by atoms with Gasteiger partial charge in [0.05, 0.1) is 11.4 Å². The number of benzene rings is 2. The Morgan fingerprint density at radius 3 is 2.40 bits per heavy atom. The van der Waals surface area contributed by atoms with E-state index in [2.05, 4.69) is 97.8 Å². The maximum absolute atomic E-state index is 11.2. The second kappa shape index (κ2) is 14.8. The fourth-order valence-corrected chi connectivity index (χ4v) is 5.26. The molecule has 0 radical (unpaired) electrons. The van der Waals surface area contributed by atoms with Gasteiger partial charge in [-0.1, -0.05) is 55.1 Å². The zero-order chi connectivity index (χ0) is 30.1. The standard InChI is InChI=1S/C36H45N5O/c1-26(2)35(39-29(5)32-11-7-9-31-10-8-12-33(23-32)36(31)37-25-42)18-13-27(3)28(4)38-34-16-14-30(15-17-34)24-41-21-19-40(6)20-22-41/h8,10,12-18,23,25,38H,3-4,7,9,11,19-22,24H2,1-2,5-6H3,(H,37,42)/b18-13-,32-23+,39-29?. The molecule has 0 aromatic heterocycles. The topological polar surface area (TPSA) is 60.0 Å². The maximum Gasteiger partial charge on any atom is 0.211 e. The number of para-hydroxylation sites is 1. The van der Waals surface area contributed by atoms with Gasteiger partial charge in [0.1, 0.15) is 0 Å². The molecule has 0 atom stereocenters. The lowest BCUT2D eigenvalue weighted by Crippen LogP contribution is -2.43. The van der Waals surface area contributed by atoms with Crippen LogP contribution in [0.1, 0.15) is 50.3 Å². The molecular formula is C36H45N5O. The summed E-state index contributed by atoms with van der Waals surface area (Å²) < 4.78 is 0. The van der Waals surface area contributed by atoms with Gasteiger partial charge in [0.2, 0.25) is 6.41 Å².